The summed E-state index contributed by atoms with van der Waals surface area (Å²) in [7, 11) is 0. The van der Waals surface area contributed by atoms with Gasteiger partial charge < -0.3 is 9.30 Å². The van der Waals surface area contributed by atoms with Crippen molar-refractivity contribution >= 4 is 22.9 Å². The van der Waals surface area contributed by atoms with Crippen LogP contribution in [0.4, 0.5) is 10.5 Å². The van der Waals surface area contributed by atoms with Gasteiger partial charge in [-0.3, -0.25) is 5.32 Å². The highest BCUT2D eigenvalue weighted by Crippen LogP contribution is 2.24. The number of nitrogens with zero attached hydrogens (tertiary/aromatic N) is 3. The van der Waals surface area contributed by atoms with Crippen molar-refractivity contribution in [2.75, 3.05) is 5.32 Å². The van der Waals surface area contributed by atoms with E-state index in [1.165, 1.54) is 5.56 Å². The second kappa shape index (κ2) is 8.64. The molecule has 0 spiro atoms. The number of fused-ring (bicyclic) bond motifs is 1. The summed E-state index contributed by atoms with van der Waals surface area (Å²) in [5.74, 6) is 1.02. The van der Waals surface area contributed by atoms with Gasteiger partial charge in [-0.05, 0) is 45.7 Å². The number of carbonyl (C=O) groups is 1. The van der Waals surface area contributed by atoms with Gasteiger partial charge in [0.25, 0.3) is 0 Å². The molecule has 3 aromatic rings. The van der Waals surface area contributed by atoms with E-state index in [0.29, 0.717) is 5.69 Å². The second-order valence-electron chi connectivity index (χ2n) is 8.29. The molecule has 0 aliphatic heterocycles. The maximum Gasteiger partial charge on any atom is 0.412 e. The Morgan fingerprint density at radius 3 is 2.55 bits per heavy atom. The van der Waals surface area contributed by atoms with Gasteiger partial charge in [0, 0.05) is 6.42 Å². The van der Waals surface area contributed by atoms with Crippen molar-refractivity contribution in [3.8, 4) is 0 Å². The SMILES string of the molecule is CCCCc1nc2cc(NC(=O)OC(C)(C)C)c(C)nc2n1Cc1ccccc1. The minimum atomic E-state index is -0.555. The molecule has 154 valence electrons. The molecule has 6 heteroatoms. The Labute approximate surface area is 172 Å². The highest BCUT2D eigenvalue weighted by atomic mass is 16.6. The van der Waals surface area contributed by atoms with Gasteiger partial charge in [-0.15, -0.1) is 0 Å². The summed E-state index contributed by atoms with van der Waals surface area (Å²) < 4.78 is 7.55. The Morgan fingerprint density at radius 1 is 1.17 bits per heavy atom. The fourth-order valence-corrected chi connectivity index (χ4v) is 3.18. The molecule has 3 rings (SSSR count). The fraction of sp³-hybridized carbons (Fsp3) is 0.435. The van der Waals surface area contributed by atoms with Crippen molar-refractivity contribution in [1.82, 2.24) is 14.5 Å². The Bertz CT molecular complexity index is 988. The third-order valence-electron chi connectivity index (χ3n) is 4.56. The number of hydrogen-bond donors (Lipinski definition) is 1. The molecule has 0 aliphatic rings. The Balaban J connectivity index is 1.97. The molecule has 2 aromatic heterocycles. The first kappa shape index (κ1) is 20.8. The van der Waals surface area contributed by atoms with E-state index in [4.69, 9.17) is 14.7 Å². The van der Waals surface area contributed by atoms with Crippen molar-refractivity contribution in [3.63, 3.8) is 0 Å². The van der Waals surface area contributed by atoms with E-state index in [1.54, 1.807) is 0 Å². The molecule has 0 fully saturated rings. The van der Waals surface area contributed by atoms with Crippen LogP contribution in [-0.4, -0.2) is 26.2 Å². The zero-order chi connectivity index (χ0) is 21.0. The summed E-state index contributed by atoms with van der Waals surface area (Å²) in [4.78, 5) is 21.8. The molecule has 0 atom stereocenters. The zero-order valence-corrected chi connectivity index (χ0v) is 18.0. The van der Waals surface area contributed by atoms with Crippen LogP contribution in [0.2, 0.25) is 0 Å². The number of rotatable bonds is 6. The Morgan fingerprint density at radius 2 is 1.90 bits per heavy atom. The summed E-state index contributed by atoms with van der Waals surface area (Å²) in [6.45, 7) is 10.3. The zero-order valence-electron chi connectivity index (χ0n) is 18.0. The second-order valence-corrected chi connectivity index (χ2v) is 8.29. The van der Waals surface area contributed by atoms with Crippen LogP contribution in [0.15, 0.2) is 36.4 Å². The summed E-state index contributed by atoms with van der Waals surface area (Å²) in [6.07, 6.45) is 2.58. The van der Waals surface area contributed by atoms with Crippen molar-refractivity contribution in [3.05, 3.63) is 53.5 Å². The molecule has 1 amide bonds. The van der Waals surface area contributed by atoms with Crippen LogP contribution in [0.1, 0.15) is 57.6 Å². The Kier molecular flexibility index (Phi) is 6.20. The third-order valence-corrected chi connectivity index (χ3v) is 4.56. The third kappa shape index (κ3) is 5.34. The number of aryl methyl sites for hydroxylation is 2. The monoisotopic (exact) mass is 394 g/mol. The van der Waals surface area contributed by atoms with E-state index in [2.05, 4.69) is 28.9 Å². The molecule has 0 radical (unpaired) electrons. The predicted molar refractivity (Wildman–Crippen MR) is 116 cm³/mol. The predicted octanol–water partition coefficient (Wildman–Crippen LogP) is 5.48. The van der Waals surface area contributed by atoms with Crippen LogP contribution in [0.25, 0.3) is 11.2 Å². The molecule has 2 heterocycles. The number of pyridine rings is 1. The van der Waals surface area contributed by atoms with E-state index in [9.17, 15) is 4.79 Å². The lowest BCUT2D eigenvalue weighted by atomic mass is 10.2. The van der Waals surface area contributed by atoms with E-state index in [0.717, 1.165) is 48.5 Å². The van der Waals surface area contributed by atoms with Crippen molar-refractivity contribution < 1.29 is 9.53 Å². The normalized spacial score (nSPS) is 11.6. The van der Waals surface area contributed by atoms with Crippen molar-refractivity contribution in [2.24, 2.45) is 0 Å². The number of aromatic nitrogens is 3. The molecule has 0 aliphatic carbocycles. The summed E-state index contributed by atoms with van der Waals surface area (Å²) in [6, 6.07) is 12.2. The molecule has 0 saturated heterocycles. The maximum atomic E-state index is 12.2. The highest BCUT2D eigenvalue weighted by molar-refractivity contribution is 5.88. The minimum absolute atomic E-state index is 0.489. The topological polar surface area (TPSA) is 69.0 Å². The summed E-state index contributed by atoms with van der Waals surface area (Å²) in [5, 5.41) is 2.81. The first-order valence-electron chi connectivity index (χ1n) is 10.2. The van der Waals surface area contributed by atoms with Gasteiger partial charge >= 0.3 is 6.09 Å². The standard InChI is InChI=1S/C23H30N4O2/c1-6-7-13-20-25-19-14-18(26-22(28)29-23(3,4)5)16(2)24-21(19)27(20)15-17-11-9-8-10-12-17/h8-12,14H,6-7,13,15H2,1-5H3,(H,26,28). The summed E-state index contributed by atoms with van der Waals surface area (Å²) >= 11 is 0. The van der Waals surface area contributed by atoms with Gasteiger partial charge in [0.15, 0.2) is 5.65 Å². The fourth-order valence-electron chi connectivity index (χ4n) is 3.18. The number of hydrogen-bond acceptors (Lipinski definition) is 4. The quantitative estimate of drug-likeness (QED) is 0.601. The molecule has 29 heavy (non-hydrogen) atoms. The van der Waals surface area contributed by atoms with Gasteiger partial charge in [-0.25, -0.2) is 14.8 Å². The van der Waals surface area contributed by atoms with E-state index in [1.807, 2.05) is 52.0 Å². The number of nitrogens with one attached hydrogen (secondary N) is 1. The highest BCUT2D eigenvalue weighted by Gasteiger charge is 2.19. The largest absolute Gasteiger partial charge is 0.444 e. The van der Waals surface area contributed by atoms with Crippen molar-refractivity contribution in [1.29, 1.82) is 0 Å². The Hall–Kier alpha value is -2.89. The average Bonchev–Trinajstić information content (AvgIpc) is 2.96. The van der Waals surface area contributed by atoms with E-state index < -0.39 is 11.7 Å². The number of imidazole rings is 1. The number of amides is 1. The van der Waals surface area contributed by atoms with Gasteiger partial charge in [0.05, 0.1) is 17.9 Å². The van der Waals surface area contributed by atoms with Crippen LogP contribution < -0.4 is 5.32 Å². The lowest BCUT2D eigenvalue weighted by Gasteiger charge is -2.20. The number of unbranched alkanes of at least 4 members (excludes halogenated alkanes) is 1. The molecular weight excluding hydrogens is 364 g/mol. The molecule has 1 N–H and O–H groups in total. The van der Waals surface area contributed by atoms with Gasteiger partial charge in [-0.2, -0.15) is 0 Å². The number of benzene rings is 1. The molecule has 0 unspecified atom stereocenters. The van der Waals surface area contributed by atoms with Gasteiger partial charge in [-0.1, -0.05) is 43.7 Å². The summed E-state index contributed by atoms with van der Waals surface area (Å²) in [5.41, 5.74) is 3.63. The van der Waals surface area contributed by atoms with Gasteiger partial charge in [0.2, 0.25) is 0 Å². The lowest BCUT2D eigenvalue weighted by Crippen LogP contribution is -2.27. The van der Waals surface area contributed by atoms with Crippen LogP contribution in [0.3, 0.4) is 0 Å². The number of anilines is 1. The van der Waals surface area contributed by atoms with Gasteiger partial charge in [0.1, 0.15) is 16.9 Å². The van der Waals surface area contributed by atoms with Crippen molar-refractivity contribution in [2.45, 2.75) is 66.0 Å². The van der Waals surface area contributed by atoms with Crippen LogP contribution >= 0.6 is 0 Å². The number of ether oxygens (including phenoxy) is 1. The van der Waals surface area contributed by atoms with E-state index >= 15 is 0 Å². The molecule has 1 aromatic carbocycles. The van der Waals surface area contributed by atoms with Crippen LogP contribution in [-0.2, 0) is 17.7 Å². The minimum Gasteiger partial charge on any atom is -0.444 e. The average molecular weight is 395 g/mol. The van der Waals surface area contributed by atoms with Crippen LogP contribution in [0.5, 0.6) is 0 Å². The maximum absolute atomic E-state index is 12.2. The molecular formula is C23H30N4O2. The first-order valence-corrected chi connectivity index (χ1v) is 10.2. The molecule has 0 saturated carbocycles. The molecule has 6 nitrogen and oxygen atoms in total. The molecule has 0 bridgehead atoms. The van der Waals surface area contributed by atoms with Crippen LogP contribution in [0, 0.1) is 6.92 Å². The first-order chi connectivity index (χ1) is 13.8. The smallest absolute Gasteiger partial charge is 0.412 e. The van der Waals surface area contributed by atoms with E-state index in [-0.39, 0.29) is 0 Å². The lowest BCUT2D eigenvalue weighted by molar-refractivity contribution is 0.0635. The number of carbonyl (C=O) groups excluding carboxylic acids is 1.